The lowest BCUT2D eigenvalue weighted by Crippen LogP contribution is -2.03. The van der Waals surface area contributed by atoms with E-state index in [1.54, 1.807) is 0 Å². The van der Waals surface area contributed by atoms with E-state index in [0.717, 1.165) is 40.2 Å². The molecule has 0 unspecified atom stereocenters. The average Bonchev–Trinajstić information content (AvgIpc) is 2.98. The largest absolute Gasteiger partial charge is 0.398 e. The molecule has 3 nitrogen and oxygen atoms in total. The first-order valence-electron chi connectivity index (χ1n) is 8.49. The van der Waals surface area contributed by atoms with Crippen molar-refractivity contribution in [2.45, 2.75) is 20.4 Å². The summed E-state index contributed by atoms with van der Waals surface area (Å²) in [7, 11) is 0. The minimum Gasteiger partial charge on any atom is -0.398 e. The lowest BCUT2D eigenvalue weighted by atomic mass is 10.1. The molecular formula is C22H21N3. The topological polar surface area (TPSA) is 43.8 Å². The van der Waals surface area contributed by atoms with E-state index in [1.165, 1.54) is 11.1 Å². The van der Waals surface area contributed by atoms with Crippen molar-refractivity contribution in [3.63, 3.8) is 0 Å². The Balaban J connectivity index is 1.88. The maximum atomic E-state index is 6.13. The number of nitrogens with two attached hydrogens (primary N) is 1. The number of aryl methyl sites for hydroxylation is 2. The summed E-state index contributed by atoms with van der Waals surface area (Å²) in [6.07, 6.45) is 0. The molecule has 1 heterocycles. The Morgan fingerprint density at radius 3 is 2.44 bits per heavy atom. The van der Waals surface area contributed by atoms with Gasteiger partial charge >= 0.3 is 0 Å². The van der Waals surface area contributed by atoms with Crippen LogP contribution in [0, 0.1) is 13.8 Å². The van der Waals surface area contributed by atoms with E-state index in [1.807, 2.05) is 19.1 Å². The SMILES string of the molecule is Cc1ccc(Cn2c(-c3ccc(C)c(N)c3)nc3ccccc32)cc1. The summed E-state index contributed by atoms with van der Waals surface area (Å²) in [5, 5.41) is 0. The smallest absolute Gasteiger partial charge is 0.141 e. The Bertz CT molecular complexity index is 1040. The van der Waals surface area contributed by atoms with Crippen LogP contribution in [0.2, 0.25) is 0 Å². The van der Waals surface area contributed by atoms with Crippen LogP contribution in [-0.2, 0) is 6.54 Å². The fraction of sp³-hybridized carbons (Fsp3) is 0.136. The van der Waals surface area contributed by atoms with Crippen molar-refractivity contribution in [1.82, 2.24) is 9.55 Å². The molecule has 124 valence electrons. The van der Waals surface area contributed by atoms with E-state index in [2.05, 4.69) is 66.1 Å². The zero-order chi connectivity index (χ0) is 17.4. The Labute approximate surface area is 147 Å². The van der Waals surface area contributed by atoms with Gasteiger partial charge < -0.3 is 10.3 Å². The van der Waals surface area contributed by atoms with Crippen LogP contribution in [0.5, 0.6) is 0 Å². The third-order valence-corrected chi connectivity index (χ3v) is 4.65. The van der Waals surface area contributed by atoms with Crippen molar-refractivity contribution in [2.24, 2.45) is 0 Å². The van der Waals surface area contributed by atoms with Crippen molar-refractivity contribution in [3.8, 4) is 11.4 Å². The molecule has 2 N–H and O–H groups in total. The second-order valence-electron chi connectivity index (χ2n) is 6.57. The molecule has 0 bridgehead atoms. The molecule has 4 rings (SSSR count). The quantitative estimate of drug-likeness (QED) is 0.541. The molecule has 0 aliphatic carbocycles. The molecule has 0 amide bonds. The zero-order valence-corrected chi connectivity index (χ0v) is 14.5. The lowest BCUT2D eigenvalue weighted by molar-refractivity contribution is 0.834. The highest BCUT2D eigenvalue weighted by molar-refractivity contribution is 5.81. The highest BCUT2D eigenvalue weighted by Gasteiger charge is 2.13. The van der Waals surface area contributed by atoms with Gasteiger partial charge in [0.2, 0.25) is 0 Å². The Morgan fingerprint density at radius 2 is 1.68 bits per heavy atom. The van der Waals surface area contributed by atoms with E-state index in [0.29, 0.717) is 0 Å². The molecule has 0 saturated carbocycles. The van der Waals surface area contributed by atoms with Gasteiger partial charge in [-0.05, 0) is 43.2 Å². The number of hydrogen-bond donors (Lipinski definition) is 1. The fourth-order valence-electron chi connectivity index (χ4n) is 3.11. The molecule has 0 aliphatic heterocycles. The van der Waals surface area contributed by atoms with Crippen LogP contribution < -0.4 is 5.73 Å². The van der Waals surface area contributed by atoms with Crippen LogP contribution in [-0.4, -0.2) is 9.55 Å². The second-order valence-corrected chi connectivity index (χ2v) is 6.57. The van der Waals surface area contributed by atoms with E-state index in [4.69, 9.17) is 10.7 Å². The van der Waals surface area contributed by atoms with E-state index in [9.17, 15) is 0 Å². The summed E-state index contributed by atoms with van der Waals surface area (Å²) < 4.78 is 2.27. The molecule has 0 fully saturated rings. The van der Waals surface area contributed by atoms with Crippen molar-refractivity contribution >= 4 is 16.7 Å². The molecule has 3 aromatic carbocycles. The molecule has 1 aromatic heterocycles. The van der Waals surface area contributed by atoms with E-state index in [-0.39, 0.29) is 0 Å². The maximum Gasteiger partial charge on any atom is 0.141 e. The Hall–Kier alpha value is -3.07. The van der Waals surface area contributed by atoms with Gasteiger partial charge in [-0.25, -0.2) is 4.98 Å². The first kappa shape index (κ1) is 15.5. The summed E-state index contributed by atoms with van der Waals surface area (Å²) >= 11 is 0. The van der Waals surface area contributed by atoms with Gasteiger partial charge in [-0.15, -0.1) is 0 Å². The standard InChI is InChI=1S/C22H21N3/c1-15-7-10-17(11-8-15)14-25-21-6-4-3-5-20(21)24-22(25)18-12-9-16(2)19(23)13-18/h3-13H,14,23H2,1-2H3. The van der Waals surface area contributed by atoms with Gasteiger partial charge in [0.05, 0.1) is 11.0 Å². The second kappa shape index (κ2) is 6.10. The first-order valence-corrected chi connectivity index (χ1v) is 8.49. The van der Waals surface area contributed by atoms with Gasteiger partial charge in [0.1, 0.15) is 5.82 Å². The maximum absolute atomic E-state index is 6.13. The van der Waals surface area contributed by atoms with Crippen molar-refractivity contribution < 1.29 is 0 Å². The first-order chi connectivity index (χ1) is 12.1. The molecule has 0 atom stereocenters. The molecule has 25 heavy (non-hydrogen) atoms. The summed E-state index contributed by atoms with van der Waals surface area (Å²) in [5.41, 5.74) is 13.7. The predicted octanol–water partition coefficient (Wildman–Crippen LogP) is 4.95. The summed E-state index contributed by atoms with van der Waals surface area (Å²) in [4.78, 5) is 4.87. The van der Waals surface area contributed by atoms with Gasteiger partial charge in [0.25, 0.3) is 0 Å². The highest BCUT2D eigenvalue weighted by atomic mass is 15.1. The van der Waals surface area contributed by atoms with Gasteiger partial charge in [0.15, 0.2) is 0 Å². The van der Waals surface area contributed by atoms with Crippen molar-refractivity contribution in [3.05, 3.63) is 83.4 Å². The van der Waals surface area contributed by atoms with Crippen LogP contribution in [0.3, 0.4) is 0 Å². The molecule has 0 aliphatic rings. The van der Waals surface area contributed by atoms with Gasteiger partial charge in [-0.3, -0.25) is 0 Å². The fourth-order valence-corrected chi connectivity index (χ4v) is 3.11. The van der Waals surface area contributed by atoms with E-state index < -0.39 is 0 Å². The number of rotatable bonds is 3. The number of fused-ring (bicyclic) bond motifs is 1. The zero-order valence-electron chi connectivity index (χ0n) is 14.5. The molecule has 0 spiro atoms. The molecular weight excluding hydrogens is 306 g/mol. The van der Waals surface area contributed by atoms with Crippen LogP contribution in [0.1, 0.15) is 16.7 Å². The normalized spacial score (nSPS) is 11.1. The molecule has 3 heteroatoms. The predicted molar refractivity (Wildman–Crippen MR) is 105 cm³/mol. The Kier molecular flexibility index (Phi) is 3.77. The number of benzene rings is 3. The summed E-state index contributed by atoms with van der Waals surface area (Å²) in [5.74, 6) is 0.952. The Morgan fingerprint density at radius 1 is 0.920 bits per heavy atom. The summed E-state index contributed by atoms with van der Waals surface area (Å²) in [6.45, 7) is 4.91. The number of aromatic nitrogens is 2. The number of nitrogens with zero attached hydrogens (tertiary/aromatic N) is 2. The lowest BCUT2D eigenvalue weighted by Gasteiger charge is -2.11. The number of anilines is 1. The number of hydrogen-bond acceptors (Lipinski definition) is 2. The van der Waals surface area contributed by atoms with Crippen LogP contribution in [0.4, 0.5) is 5.69 Å². The van der Waals surface area contributed by atoms with Gasteiger partial charge in [-0.2, -0.15) is 0 Å². The van der Waals surface area contributed by atoms with Gasteiger partial charge in [0, 0.05) is 17.8 Å². The number of para-hydroxylation sites is 2. The van der Waals surface area contributed by atoms with Crippen LogP contribution in [0.15, 0.2) is 66.7 Å². The third kappa shape index (κ3) is 2.89. The molecule has 4 aromatic rings. The minimum atomic E-state index is 0.782. The van der Waals surface area contributed by atoms with Crippen LogP contribution in [0.25, 0.3) is 22.4 Å². The molecule has 0 radical (unpaired) electrons. The average molecular weight is 327 g/mol. The minimum absolute atomic E-state index is 0.782. The van der Waals surface area contributed by atoms with E-state index >= 15 is 0 Å². The summed E-state index contributed by atoms with van der Waals surface area (Å²) in [6, 6.07) is 23.1. The van der Waals surface area contributed by atoms with Crippen molar-refractivity contribution in [2.75, 3.05) is 5.73 Å². The highest BCUT2D eigenvalue weighted by Crippen LogP contribution is 2.28. The van der Waals surface area contributed by atoms with Crippen LogP contribution >= 0.6 is 0 Å². The third-order valence-electron chi connectivity index (χ3n) is 4.65. The number of imidazole rings is 1. The van der Waals surface area contributed by atoms with Gasteiger partial charge in [-0.1, -0.05) is 54.1 Å². The molecule has 0 saturated heterocycles. The van der Waals surface area contributed by atoms with Crippen molar-refractivity contribution in [1.29, 1.82) is 0 Å². The number of nitrogen functional groups attached to an aromatic ring is 1. The monoisotopic (exact) mass is 327 g/mol.